The molecule has 0 radical (unpaired) electrons. The van der Waals surface area contributed by atoms with Crippen molar-refractivity contribution < 1.29 is 28.5 Å². The van der Waals surface area contributed by atoms with Gasteiger partial charge in [-0.05, 0) is 49.7 Å². The fraction of sp³-hybridized carbons (Fsp3) is 0.345. The van der Waals surface area contributed by atoms with Gasteiger partial charge in [-0.3, -0.25) is 4.68 Å². The number of methoxy groups -OCH3 is 2. The second-order valence-corrected chi connectivity index (χ2v) is 9.59. The zero-order chi connectivity index (χ0) is 28.1. The number of aromatic nitrogens is 4. The molecular formula is C29H31ClN4O6. The second kappa shape index (κ2) is 12.5. The molecule has 0 saturated heterocycles. The molecule has 1 aliphatic rings. The number of halogens is 1. The Balaban J connectivity index is 1.41. The summed E-state index contributed by atoms with van der Waals surface area (Å²) < 4.78 is 32.4. The molecule has 4 aromatic rings. The largest absolute Gasteiger partial charge is 0.493 e. The lowest BCUT2D eigenvalue weighted by atomic mass is 9.98. The maximum absolute atomic E-state index is 11.5. The van der Waals surface area contributed by atoms with Gasteiger partial charge in [0, 0.05) is 28.9 Å². The minimum atomic E-state index is -0.480. The lowest BCUT2D eigenvalue weighted by Gasteiger charge is -2.25. The SMILES string of the molecule is CCOC(=O)COCc1cn(CC[C@H]2O[C@H](c3cccc(OC)c3OC)c3cc(Cl)ccc3-n3cccc32)nn1. The van der Waals surface area contributed by atoms with Crippen molar-refractivity contribution in [3.05, 3.63) is 88.5 Å². The molecule has 2 aromatic carbocycles. The van der Waals surface area contributed by atoms with Crippen LogP contribution >= 0.6 is 11.6 Å². The van der Waals surface area contributed by atoms with Crippen LogP contribution in [0.3, 0.4) is 0 Å². The van der Waals surface area contributed by atoms with Crippen LogP contribution in [-0.4, -0.2) is 53.0 Å². The average Bonchev–Trinajstić information content (AvgIpc) is 3.60. The van der Waals surface area contributed by atoms with E-state index in [1.165, 1.54) is 0 Å². The molecule has 0 amide bonds. The zero-order valence-electron chi connectivity index (χ0n) is 22.6. The van der Waals surface area contributed by atoms with Crippen LogP contribution in [0.1, 0.15) is 48.1 Å². The summed E-state index contributed by atoms with van der Waals surface area (Å²) in [5.41, 5.74) is 4.36. The Morgan fingerprint density at radius 2 is 1.98 bits per heavy atom. The zero-order valence-corrected chi connectivity index (χ0v) is 23.3. The molecular weight excluding hydrogens is 536 g/mol. The molecule has 2 atom stereocenters. The number of ether oxygens (including phenoxy) is 5. The van der Waals surface area contributed by atoms with Crippen LogP contribution in [0.2, 0.25) is 5.02 Å². The van der Waals surface area contributed by atoms with Crippen LogP contribution in [0, 0.1) is 0 Å². The van der Waals surface area contributed by atoms with Crippen LogP contribution in [0.5, 0.6) is 11.5 Å². The van der Waals surface area contributed by atoms with E-state index in [0.29, 0.717) is 41.8 Å². The molecule has 0 saturated carbocycles. The topological polar surface area (TPSA) is 98.9 Å². The second-order valence-electron chi connectivity index (χ2n) is 9.15. The number of carbonyl (C=O) groups is 1. The third kappa shape index (κ3) is 5.84. The van der Waals surface area contributed by atoms with Gasteiger partial charge in [-0.25, -0.2) is 4.79 Å². The number of hydrogen-bond acceptors (Lipinski definition) is 8. The number of hydrogen-bond donors (Lipinski definition) is 0. The Bertz CT molecular complexity index is 1470. The van der Waals surface area contributed by atoms with Crippen molar-refractivity contribution in [1.29, 1.82) is 0 Å². The molecule has 0 unspecified atom stereocenters. The summed E-state index contributed by atoms with van der Waals surface area (Å²) in [5, 5.41) is 9.01. The monoisotopic (exact) mass is 566 g/mol. The molecule has 40 heavy (non-hydrogen) atoms. The summed E-state index contributed by atoms with van der Waals surface area (Å²) in [5.74, 6) is 0.816. The first-order chi connectivity index (χ1) is 19.5. The number of carbonyl (C=O) groups excluding carboxylic acids is 1. The molecule has 0 bridgehead atoms. The Labute approximate surface area is 237 Å². The molecule has 11 heteroatoms. The Morgan fingerprint density at radius 1 is 1.10 bits per heavy atom. The summed E-state index contributed by atoms with van der Waals surface area (Å²) in [4.78, 5) is 11.5. The maximum atomic E-state index is 11.5. The highest BCUT2D eigenvalue weighted by molar-refractivity contribution is 6.30. The number of esters is 1. The number of fused-ring (bicyclic) bond motifs is 3. The summed E-state index contributed by atoms with van der Waals surface area (Å²) in [6.45, 7) is 2.64. The normalized spacial score (nSPS) is 16.1. The van der Waals surface area contributed by atoms with Gasteiger partial charge >= 0.3 is 5.97 Å². The lowest BCUT2D eigenvalue weighted by molar-refractivity contribution is -0.148. The van der Waals surface area contributed by atoms with Gasteiger partial charge in [0.15, 0.2) is 11.5 Å². The number of benzene rings is 2. The highest BCUT2D eigenvalue weighted by Crippen LogP contribution is 2.46. The van der Waals surface area contributed by atoms with E-state index in [1.807, 2.05) is 48.7 Å². The smallest absolute Gasteiger partial charge is 0.332 e. The van der Waals surface area contributed by atoms with Gasteiger partial charge in [0.2, 0.25) is 0 Å². The van der Waals surface area contributed by atoms with E-state index in [1.54, 1.807) is 32.0 Å². The van der Waals surface area contributed by atoms with Gasteiger partial charge in [-0.15, -0.1) is 5.10 Å². The maximum Gasteiger partial charge on any atom is 0.332 e. The van der Waals surface area contributed by atoms with Crippen molar-refractivity contribution in [2.24, 2.45) is 0 Å². The van der Waals surface area contributed by atoms with E-state index in [9.17, 15) is 4.79 Å². The quantitative estimate of drug-likeness (QED) is 0.232. The summed E-state index contributed by atoms with van der Waals surface area (Å²) in [6.07, 6.45) is 3.66. The fourth-order valence-corrected chi connectivity index (χ4v) is 5.10. The van der Waals surface area contributed by atoms with Gasteiger partial charge in [-0.1, -0.05) is 28.9 Å². The number of para-hydroxylation sites is 1. The standard InChI is InChI=1S/C29H31ClN4O6/c1-4-39-27(35)18-38-17-20-16-33(32-31-20)14-12-25-24-8-6-13-34(24)23-11-10-19(30)15-22(23)28(40-25)21-7-5-9-26(36-2)29(21)37-3/h5-11,13,15-16,25,28H,4,12,14,17-18H2,1-3H3/t25-,28-/m1/s1. The van der Waals surface area contributed by atoms with Crippen LogP contribution in [-0.2, 0) is 32.2 Å². The van der Waals surface area contributed by atoms with E-state index in [-0.39, 0.29) is 19.3 Å². The molecule has 0 spiro atoms. The number of rotatable bonds is 11. The summed E-state index contributed by atoms with van der Waals surface area (Å²) in [6, 6.07) is 15.6. The van der Waals surface area contributed by atoms with Crippen molar-refractivity contribution in [2.45, 2.75) is 38.7 Å². The molecule has 1 aliphatic heterocycles. The first kappa shape index (κ1) is 27.7. The van der Waals surface area contributed by atoms with Crippen molar-refractivity contribution in [1.82, 2.24) is 19.6 Å². The van der Waals surface area contributed by atoms with Gasteiger partial charge in [0.05, 0.1) is 45.0 Å². The van der Waals surface area contributed by atoms with Gasteiger partial charge < -0.3 is 28.3 Å². The predicted molar refractivity (Wildman–Crippen MR) is 147 cm³/mol. The molecule has 210 valence electrons. The van der Waals surface area contributed by atoms with Gasteiger partial charge in [0.1, 0.15) is 24.5 Å². The summed E-state index contributed by atoms with van der Waals surface area (Å²) in [7, 11) is 3.24. The third-order valence-electron chi connectivity index (χ3n) is 6.64. The molecule has 5 rings (SSSR count). The molecule has 3 heterocycles. The lowest BCUT2D eigenvalue weighted by Crippen LogP contribution is -2.14. The van der Waals surface area contributed by atoms with E-state index in [4.69, 9.17) is 35.3 Å². The minimum absolute atomic E-state index is 0.132. The van der Waals surface area contributed by atoms with E-state index in [0.717, 1.165) is 22.5 Å². The highest BCUT2D eigenvalue weighted by Gasteiger charge is 2.33. The van der Waals surface area contributed by atoms with Crippen LogP contribution in [0.4, 0.5) is 0 Å². The van der Waals surface area contributed by atoms with E-state index < -0.39 is 12.1 Å². The van der Waals surface area contributed by atoms with Crippen molar-refractivity contribution in [2.75, 3.05) is 27.4 Å². The van der Waals surface area contributed by atoms with Gasteiger partial charge in [0.25, 0.3) is 0 Å². The van der Waals surface area contributed by atoms with Crippen LogP contribution < -0.4 is 9.47 Å². The number of nitrogens with zero attached hydrogens (tertiary/aromatic N) is 4. The third-order valence-corrected chi connectivity index (χ3v) is 6.87. The van der Waals surface area contributed by atoms with E-state index >= 15 is 0 Å². The molecule has 0 fully saturated rings. The van der Waals surface area contributed by atoms with Crippen LogP contribution in [0.25, 0.3) is 5.69 Å². The molecule has 0 N–H and O–H groups in total. The first-order valence-corrected chi connectivity index (χ1v) is 13.4. The fourth-order valence-electron chi connectivity index (χ4n) is 4.92. The van der Waals surface area contributed by atoms with Crippen LogP contribution in [0.15, 0.2) is 60.9 Å². The Hall–Kier alpha value is -3.86. The van der Waals surface area contributed by atoms with Crippen molar-refractivity contribution in [3.8, 4) is 17.2 Å². The molecule has 2 aromatic heterocycles. The summed E-state index contributed by atoms with van der Waals surface area (Å²) >= 11 is 6.49. The van der Waals surface area contributed by atoms with Crippen molar-refractivity contribution >= 4 is 17.6 Å². The molecule has 10 nitrogen and oxygen atoms in total. The molecule has 0 aliphatic carbocycles. The Kier molecular flexibility index (Phi) is 8.69. The first-order valence-electron chi connectivity index (χ1n) is 13.0. The number of aryl methyl sites for hydroxylation is 1. The Morgan fingerprint density at radius 3 is 2.77 bits per heavy atom. The van der Waals surface area contributed by atoms with Gasteiger partial charge in [-0.2, -0.15) is 0 Å². The van der Waals surface area contributed by atoms with Crippen molar-refractivity contribution in [3.63, 3.8) is 0 Å². The van der Waals surface area contributed by atoms with E-state index in [2.05, 4.69) is 20.9 Å². The average molecular weight is 567 g/mol. The minimum Gasteiger partial charge on any atom is -0.493 e. The predicted octanol–water partition coefficient (Wildman–Crippen LogP) is 5.07. The highest BCUT2D eigenvalue weighted by atomic mass is 35.5.